The van der Waals surface area contributed by atoms with Crippen LogP contribution in [-0.2, 0) is 10.0 Å². The second-order valence-corrected chi connectivity index (χ2v) is 10.0. The predicted molar refractivity (Wildman–Crippen MR) is 118 cm³/mol. The van der Waals surface area contributed by atoms with E-state index in [1.54, 1.807) is 30.5 Å². The van der Waals surface area contributed by atoms with Crippen LogP contribution in [0, 0.1) is 13.8 Å². The van der Waals surface area contributed by atoms with Crippen molar-refractivity contribution in [1.82, 2.24) is 9.55 Å². The number of thioether (sulfide) groups is 1. The van der Waals surface area contributed by atoms with Crippen molar-refractivity contribution in [3.8, 4) is 5.69 Å². The predicted octanol–water partition coefficient (Wildman–Crippen LogP) is 4.22. The van der Waals surface area contributed by atoms with Crippen molar-refractivity contribution in [2.24, 2.45) is 0 Å². The summed E-state index contributed by atoms with van der Waals surface area (Å²) in [5.41, 5.74) is 4.27. The van der Waals surface area contributed by atoms with Gasteiger partial charge < -0.3 is 0 Å². The molecule has 8 heteroatoms. The Kier molecular flexibility index (Phi) is 6.14. The number of anilines is 1. The highest BCUT2D eigenvalue weighted by Crippen LogP contribution is 2.28. The summed E-state index contributed by atoms with van der Waals surface area (Å²) in [6.45, 7) is 5.93. The minimum absolute atomic E-state index is 0.0450. The summed E-state index contributed by atoms with van der Waals surface area (Å²) in [7, 11) is -3.35. The van der Waals surface area contributed by atoms with Gasteiger partial charge in [-0.25, -0.2) is 13.4 Å². The zero-order valence-electron chi connectivity index (χ0n) is 16.7. The van der Waals surface area contributed by atoms with Crippen LogP contribution in [0.2, 0.25) is 0 Å². The van der Waals surface area contributed by atoms with Gasteiger partial charge in [0, 0.05) is 23.6 Å². The molecule has 0 fully saturated rings. The highest BCUT2D eigenvalue weighted by molar-refractivity contribution is 8.00. The summed E-state index contributed by atoms with van der Waals surface area (Å²) < 4.78 is 27.0. The second kappa shape index (κ2) is 8.42. The Morgan fingerprint density at radius 3 is 2.48 bits per heavy atom. The van der Waals surface area contributed by atoms with E-state index in [0.29, 0.717) is 11.3 Å². The minimum atomic E-state index is -3.35. The van der Waals surface area contributed by atoms with Crippen LogP contribution < -0.4 is 4.72 Å². The number of rotatable bonds is 7. The van der Waals surface area contributed by atoms with Crippen LogP contribution in [0.15, 0.2) is 60.0 Å². The molecule has 3 aromatic rings. The summed E-state index contributed by atoms with van der Waals surface area (Å²) >= 11 is 1.39. The van der Waals surface area contributed by atoms with Gasteiger partial charge in [0.1, 0.15) is 0 Å². The Balaban J connectivity index is 1.77. The summed E-state index contributed by atoms with van der Waals surface area (Å²) in [5.74, 6) is -0.0450. The van der Waals surface area contributed by atoms with E-state index >= 15 is 0 Å². The smallest absolute Gasteiger partial charge is 0.229 e. The SMILES string of the molecule is Cc1ccc(C)c(-n2ccnc2SC(C)C(=O)c2ccc(NS(C)(=O)=O)cc2)c1. The second-order valence-electron chi connectivity index (χ2n) is 6.95. The maximum absolute atomic E-state index is 12.8. The van der Waals surface area contributed by atoms with Crippen molar-refractivity contribution in [1.29, 1.82) is 0 Å². The number of Topliss-reactive ketones (excluding diaryl/α,β-unsaturated/α-hetero) is 1. The highest BCUT2D eigenvalue weighted by Gasteiger charge is 2.20. The number of benzene rings is 2. The Bertz CT molecular complexity index is 1140. The number of hydrogen-bond acceptors (Lipinski definition) is 5. The monoisotopic (exact) mass is 429 g/mol. The van der Waals surface area contributed by atoms with E-state index in [4.69, 9.17) is 0 Å². The topological polar surface area (TPSA) is 81.1 Å². The molecule has 0 aliphatic carbocycles. The van der Waals surface area contributed by atoms with E-state index in [2.05, 4.69) is 27.9 Å². The largest absolute Gasteiger partial charge is 0.295 e. The molecule has 1 heterocycles. The lowest BCUT2D eigenvalue weighted by molar-refractivity contribution is 0.0994. The van der Waals surface area contributed by atoms with Crippen molar-refractivity contribution >= 4 is 33.3 Å². The van der Waals surface area contributed by atoms with E-state index in [0.717, 1.165) is 28.2 Å². The van der Waals surface area contributed by atoms with Crippen molar-refractivity contribution in [3.05, 3.63) is 71.5 Å². The van der Waals surface area contributed by atoms with E-state index in [1.165, 1.54) is 11.8 Å². The lowest BCUT2D eigenvalue weighted by atomic mass is 10.1. The van der Waals surface area contributed by atoms with Crippen LogP contribution in [0.1, 0.15) is 28.4 Å². The number of aryl methyl sites for hydroxylation is 2. The third-order valence-electron chi connectivity index (χ3n) is 4.36. The van der Waals surface area contributed by atoms with Crippen molar-refractivity contribution in [2.75, 3.05) is 11.0 Å². The van der Waals surface area contributed by atoms with Gasteiger partial charge in [0.25, 0.3) is 0 Å². The molecule has 0 saturated heterocycles. The number of hydrogen-bond donors (Lipinski definition) is 1. The molecule has 0 aliphatic rings. The quantitative estimate of drug-likeness (QED) is 0.449. The van der Waals surface area contributed by atoms with Gasteiger partial charge in [-0.3, -0.25) is 14.1 Å². The molecule has 0 spiro atoms. The Morgan fingerprint density at radius 2 is 1.83 bits per heavy atom. The molecule has 0 saturated carbocycles. The number of imidazole rings is 1. The first kappa shape index (κ1) is 21.1. The molecular weight excluding hydrogens is 406 g/mol. The zero-order chi connectivity index (χ0) is 21.2. The van der Waals surface area contributed by atoms with E-state index in [1.807, 2.05) is 31.5 Å². The molecule has 1 N–H and O–H groups in total. The molecule has 1 atom stereocenters. The normalized spacial score (nSPS) is 12.6. The van der Waals surface area contributed by atoms with Crippen LogP contribution in [-0.4, -0.2) is 35.3 Å². The van der Waals surface area contributed by atoms with E-state index < -0.39 is 10.0 Å². The third-order valence-corrected chi connectivity index (χ3v) is 6.04. The summed E-state index contributed by atoms with van der Waals surface area (Å²) in [5, 5.41) is 0.393. The number of ketones is 1. The molecule has 1 unspecified atom stereocenters. The average molecular weight is 430 g/mol. The van der Waals surface area contributed by atoms with Crippen LogP contribution in [0.25, 0.3) is 5.69 Å². The molecular formula is C21H23N3O3S2. The highest BCUT2D eigenvalue weighted by atomic mass is 32.2. The fraction of sp³-hybridized carbons (Fsp3) is 0.238. The summed E-state index contributed by atoms with van der Waals surface area (Å²) in [6, 6.07) is 12.7. The minimum Gasteiger partial charge on any atom is -0.295 e. The lowest BCUT2D eigenvalue weighted by Crippen LogP contribution is -2.15. The van der Waals surface area contributed by atoms with Gasteiger partial charge in [0.15, 0.2) is 10.9 Å². The molecule has 0 radical (unpaired) electrons. The zero-order valence-corrected chi connectivity index (χ0v) is 18.3. The first-order chi connectivity index (χ1) is 13.6. The number of aromatic nitrogens is 2. The molecule has 2 aromatic carbocycles. The van der Waals surface area contributed by atoms with Gasteiger partial charge in [0.05, 0.1) is 17.2 Å². The standard InChI is InChI=1S/C21H23N3O3S2/c1-14-5-6-15(2)19(13-14)24-12-11-22-21(24)28-16(3)20(25)17-7-9-18(10-8-17)23-29(4,26)27/h5-13,16,23H,1-4H3. The van der Waals surface area contributed by atoms with Gasteiger partial charge in [0.2, 0.25) is 10.0 Å². The maximum Gasteiger partial charge on any atom is 0.229 e. The maximum atomic E-state index is 12.8. The molecule has 0 bridgehead atoms. The fourth-order valence-electron chi connectivity index (χ4n) is 2.90. The molecule has 3 rings (SSSR count). The molecule has 0 aliphatic heterocycles. The van der Waals surface area contributed by atoms with Crippen LogP contribution in [0.4, 0.5) is 5.69 Å². The van der Waals surface area contributed by atoms with Crippen molar-refractivity contribution < 1.29 is 13.2 Å². The Morgan fingerprint density at radius 1 is 1.14 bits per heavy atom. The van der Waals surface area contributed by atoms with Crippen molar-refractivity contribution in [3.63, 3.8) is 0 Å². The number of carbonyl (C=O) groups excluding carboxylic acids is 1. The van der Waals surface area contributed by atoms with Gasteiger partial charge >= 0.3 is 0 Å². The molecule has 6 nitrogen and oxygen atoms in total. The van der Waals surface area contributed by atoms with E-state index in [9.17, 15) is 13.2 Å². The van der Waals surface area contributed by atoms with Crippen LogP contribution >= 0.6 is 11.8 Å². The lowest BCUT2D eigenvalue weighted by Gasteiger charge is -2.14. The van der Waals surface area contributed by atoms with Crippen molar-refractivity contribution in [2.45, 2.75) is 31.2 Å². The molecule has 1 aromatic heterocycles. The molecule has 29 heavy (non-hydrogen) atoms. The van der Waals surface area contributed by atoms with E-state index in [-0.39, 0.29) is 11.0 Å². The van der Waals surface area contributed by atoms with Gasteiger partial charge in [-0.15, -0.1) is 0 Å². The Labute approximate surface area is 175 Å². The third kappa shape index (κ3) is 5.27. The first-order valence-electron chi connectivity index (χ1n) is 9.04. The van der Waals surface area contributed by atoms with Gasteiger partial charge in [-0.1, -0.05) is 23.9 Å². The van der Waals surface area contributed by atoms with Gasteiger partial charge in [-0.05, 0) is 62.2 Å². The molecule has 152 valence electrons. The summed E-state index contributed by atoms with van der Waals surface area (Å²) in [6.07, 6.45) is 4.71. The van der Waals surface area contributed by atoms with Crippen LogP contribution in [0.5, 0.6) is 0 Å². The van der Waals surface area contributed by atoms with Crippen LogP contribution in [0.3, 0.4) is 0 Å². The first-order valence-corrected chi connectivity index (χ1v) is 11.8. The fourth-order valence-corrected chi connectivity index (χ4v) is 4.42. The molecule has 0 amide bonds. The Hall–Kier alpha value is -2.58. The number of nitrogens with zero attached hydrogens (tertiary/aromatic N) is 2. The van der Waals surface area contributed by atoms with Gasteiger partial charge in [-0.2, -0.15) is 0 Å². The average Bonchev–Trinajstić information content (AvgIpc) is 3.10. The number of sulfonamides is 1. The summed E-state index contributed by atoms with van der Waals surface area (Å²) in [4.78, 5) is 17.3. The number of carbonyl (C=O) groups is 1. The number of nitrogens with one attached hydrogen (secondary N) is 1.